The van der Waals surface area contributed by atoms with Crippen molar-refractivity contribution in [2.75, 3.05) is 0 Å². The Bertz CT molecular complexity index is 499. The average Bonchev–Trinajstić information content (AvgIpc) is 2.71. The first kappa shape index (κ1) is 15.5. The van der Waals surface area contributed by atoms with Crippen LogP contribution in [-0.2, 0) is 11.3 Å². The van der Waals surface area contributed by atoms with Gasteiger partial charge in [-0.3, -0.25) is 4.79 Å². The Morgan fingerprint density at radius 2 is 1.67 bits per heavy atom. The minimum atomic E-state index is -0.934. The van der Waals surface area contributed by atoms with Crippen LogP contribution in [0.25, 0.3) is 0 Å². The maximum absolute atomic E-state index is 12.4. The third kappa shape index (κ3) is 4.06. The van der Waals surface area contributed by atoms with E-state index in [0.717, 1.165) is 31.2 Å². The Balaban J connectivity index is 1.92. The van der Waals surface area contributed by atoms with Gasteiger partial charge in [-0.1, -0.05) is 44.7 Å². The number of aromatic carboxylic acids is 1. The number of benzene rings is 1. The zero-order valence-corrected chi connectivity index (χ0v) is 12.5. The van der Waals surface area contributed by atoms with E-state index in [2.05, 4.69) is 12.2 Å². The van der Waals surface area contributed by atoms with Crippen molar-refractivity contribution in [3.05, 3.63) is 35.4 Å². The monoisotopic (exact) mass is 289 g/mol. The van der Waals surface area contributed by atoms with Crippen molar-refractivity contribution in [2.45, 2.75) is 52.0 Å². The summed E-state index contributed by atoms with van der Waals surface area (Å²) in [6.07, 6.45) is 6.60. The van der Waals surface area contributed by atoms with Crippen molar-refractivity contribution in [3.8, 4) is 0 Å². The molecule has 4 heteroatoms. The van der Waals surface area contributed by atoms with Crippen molar-refractivity contribution in [3.63, 3.8) is 0 Å². The summed E-state index contributed by atoms with van der Waals surface area (Å²) >= 11 is 0. The summed E-state index contributed by atoms with van der Waals surface area (Å²) < 4.78 is 0. The summed E-state index contributed by atoms with van der Waals surface area (Å²) in [6.45, 7) is 2.51. The van der Waals surface area contributed by atoms with Crippen LogP contribution in [0.1, 0.15) is 61.4 Å². The molecule has 0 bridgehead atoms. The Morgan fingerprint density at radius 1 is 1.10 bits per heavy atom. The Hall–Kier alpha value is -1.84. The van der Waals surface area contributed by atoms with E-state index in [1.807, 2.05) is 0 Å². The van der Waals surface area contributed by atoms with E-state index in [4.69, 9.17) is 5.11 Å². The van der Waals surface area contributed by atoms with E-state index in [9.17, 15) is 9.59 Å². The number of rotatable bonds is 4. The molecule has 0 spiro atoms. The smallest absolute Gasteiger partial charge is 0.335 e. The van der Waals surface area contributed by atoms with Crippen molar-refractivity contribution in [1.82, 2.24) is 5.32 Å². The zero-order chi connectivity index (χ0) is 15.3. The first-order valence-corrected chi connectivity index (χ1v) is 7.62. The molecular weight excluding hydrogens is 266 g/mol. The van der Waals surface area contributed by atoms with E-state index < -0.39 is 5.97 Å². The molecule has 1 aliphatic rings. The molecule has 0 unspecified atom stereocenters. The molecule has 1 aromatic carbocycles. The Kier molecular flexibility index (Phi) is 4.99. The highest BCUT2D eigenvalue weighted by Gasteiger charge is 2.33. The van der Waals surface area contributed by atoms with Crippen molar-refractivity contribution >= 4 is 11.9 Å². The molecule has 114 valence electrons. The molecule has 0 aromatic heterocycles. The van der Waals surface area contributed by atoms with Gasteiger partial charge in [-0.05, 0) is 30.5 Å². The molecule has 0 radical (unpaired) electrons. The largest absolute Gasteiger partial charge is 0.478 e. The second-order valence-corrected chi connectivity index (χ2v) is 6.16. The van der Waals surface area contributed by atoms with Gasteiger partial charge in [-0.25, -0.2) is 4.79 Å². The summed E-state index contributed by atoms with van der Waals surface area (Å²) in [6, 6.07) is 6.63. The lowest BCUT2D eigenvalue weighted by Crippen LogP contribution is -2.38. The summed E-state index contributed by atoms with van der Waals surface area (Å²) in [7, 11) is 0. The number of nitrogens with one attached hydrogen (secondary N) is 1. The maximum atomic E-state index is 12.4. The van der Waals surface area contributed by atoms with Crippen LogP contribution in [-0.4, -0.2) is 17.0 Å². The standard InChI is InChI=1S/C17H23NO3/c1-17(10-4-2-3-5-11-17)16(21)18-12-13-6-8-14(9-7-13)15(19)20/h6-9H,2-5,10-12H2,1H3,(H,18,21)(H,19,20). The highest BCUT2D eigenvalue weighted by molar-refractivity contribution is 5.87. The maximum Gasteiger partial charge on any atom is 0.335 e. The first-order chi connectivity index (χ1) is 10.0. The molecular formula is C17H23NO3. The van der Waals surface area contributed by atoms with Gasteiger partial charge in [0.05, 0.1) is 5.56 Å². The number of carboxylic acid groups (broad SMARTS) is 1. The lowest BCUT2D eigenvalue weighted by Gasteiger charge is -2.26. The summed E-state index contributed by atoms with van der Waals surface area (Å²) in [5.41, 5.74) is 0.934. The van der Waals surface area contributed by atoms with Crippen LogP contribution in [0.3, 0.4) is 0 Å². The molecule has 0 atom stereocenters. The van der Waals surface area contributed by atoms with E-state index in [1.54, 1.807) is 24.3 Å². The van der Waals surface area contributed by atoms with E-state index in [-0.39, 0.29) is 16.9 Å². The molecule has 0 saturated heterocycles. The van der Waals surface area contributed by atoms with Gasteiger partial charge in [0, 0.05) is 12.0 Å². The van der Waals surface area contributed by atoms with Crippen LogP contribution in [0, 0.1) is 5.41 Å². The predicted octanol–water partition coefficient (Wildman–Crippen LogP) is 3.36. The van der Waals surface area contributed by atoms with Crippen molar-refractivity contribution in [2.24, 2.45) is 5.41 Å². The SMILES string of the molecule is CC1(C(=O)NCc2ccc(C(=O)O)cc2)CCCCCC1. The number of carboxylic acids is 1. The Labute approximate surface area is 125 Å². The summed E-state index contributed by atoms with van der Waals surface area (Å²) in [5.74, 6) is -0.816. The van der Waals surface area contributed by atoms with Crippen LogP contribution in [0.15, 0.2) is 24.3 Å². The van der Waals surface area contributed by atoms with Crippen LogP contribution < -0.4 is 5.32 Å². The third-order valence-corrected chi connectivity index (χ3v) is 4.41. The van der Waals surface area contributed by atoms with Crippen molar-refractivity contribution in [1.29, 1.82) is 0 Å². The van der Waals surface area contributed by atoms with Crippen LogP contribution in [0.4, 0.5) is 0 Å². The molecule has 2 N–H and O–H groups in total. The Morgan fingerprint density at radius 3 is 2.19 bits per heavy atom. The molecule has 1 amide bonds. The van der Waals surface area contributed by atoms with Gasteiger partial charge in [-0.15, -0.1) is 0 Å². The summed E-state index contributed by atoms with van der Waals surface area (Å²) in [5, 5.41) is 11.9. The number of carbonyl (C=O) groups is 2. The fourth-order valence-corrected chi connectivity index (χ4v) is 2.90. The predicted molar refractivity (Wildman–Crippen MR) is 81.1 cm³/mol. The lowest BCUT2D eigenvalue weighted by atomic mass is 9.81. The number of carbonyl (C=O) groups excluding carboxylic acids is 1. The number of hydrogen-bond donors (Lipinski definition) is 2. The molecule has 1 saturated carbocycles. The van der Waals surface area contributed by atoms with Gasteiger partial charge in [0.15, 0.2) is 0 Å². The number of hydrogen-bond acceptors (Lipinski definition) is 2. The summed E-state index contributed by atoms with van der Waals surface area (Å²) in [4.78, 5) is 23.2. The fourth-order valence-electron chi connectivity index (χ4n) is 2.90. The highest BCUT2D eigenvalue weighted by Crippen LogP contribution is 2.34. The zero-order valence-electron chi connectivity index (χ0n) is 12.5. The molecule has 0 heterocycles. The minimum absolute atomic E-state index is 0.117. The van der Waals surface area contributed by atoms with Gasteiger partial charge in [0.2, 0.25) is 5.91 Å². The second kappa shape index (κ2) is 6.74. The molecule has 4 nitrogen and oxygen atoms in total. The van der Waals surface area contributed by atoms with Crippen LogP contribution >= 0.6 is 0 Å². The topological polar surface area (TPSA) is 66.4 Å². The van der Waals surface area contributed by atoms with Gasteiger partial charge in [0.25, 0.3) is 0 Å². The molecule has 0 aliphatic heterocycles. The molecule has 2 rings (SSSR count). The fraction of sp³-hybridized carbons (Fsp3) is 0.529. The average molecular weight is 289 g/mol. The molecule has 1 aliphatic carbocycles. The van der Waals surface area contributed by atoms with E-state index in [0.29, 0.717) is 6.54 Å². The molecule has 21 heavy (non-hydrogen) atoms. The number of amides is 1. The van der Waals surface area contributed by atoms with Crippen molar-refractivity contribution < 1.29 is 14.7 Å². The van der Waals surface area contributed by atoms with Crippen LogP contribution in [0.2, 0.25) is 0 Å². The van der Waals surface area contributed by atoms with Gasteiger partial charge < -0.3 is 10.4 Å². The first-order valence-electron chi connectivity index (χ1n) is 7.62. The van der Waals surface area contributed by atoms with E-state index >= 15 is 0 Å². The normalized spacial score (nSPS) is 17.8. The quantitative estimate of drug-likeness (QED) is 0.835. The third-order valence-electron chi connectivity index (χ3n) is 4.41. The molecule has 1 fully saturated rings. The van der Waals surface area contributed by atoms with Gasteiger partial charge >= 0.3 is 5.97 Å². The van der Waals surface area contributed by atoms with Gasteiger partial charge in [-0.2, -0.15) is 0 Å². The minimum Gasteiger partial charge on any atom is -0.478 e. The second-order valence-electron chi connectivity index (χ2n) is 6.16. The lowest BCUT2D eigenvalue weighted by molar-refractivity contribution is -0.131. The highest BCUT2D eigenvalue weighted by atomic mass is 16.4. The molecule has 1 aromatic rings. The van der Waals surface area contributed by atoms with Crippen LogP contribution in [0.5, 0.6) is 0 Å². The van der Waals surface area contributed by atoms with Gasteiger partial charge in [0.1, 0.15) is 0 Å². The van der Waals surface area contributed by atoms with E-state index in [1.165, 1.54) is 12.8 Å².